The van der Waals surface area contributed by atoms with Crippen molar-refractivity contribution in [2.24, 2.45) is 0 Å². The molecule has 1 aromatic carbocycles. The number of aryl methyl sites for hydroxylation is 1. The Balaban J connectivity index is 1.86. The molecule has 108 valence electrons. The highest BCUT2D eigenvalue weighted by Crippen LogP contribution is 2.36. The number of aliphatic carboxylic acids is 1. The highest BCUT2D eigenvalue weighted by atomic mass is 16.5. The van der Waals surface area contributed by atoms with E-state index < -0.39 is 11.9 Å². The lowest BCUT2D eigenvalue weighted by atomic mass is 10.0. The smallest absolute Gasteiger partial charge is 0.312 e. The molecule has 2 heterocycles. The lowest BCUT2D eigenvalue weighted by Crippen LogP contribution is -2.32. The Morgan fingerprint density at radius 1 is 1.43 bits per heavy atom. The highest BCUT2D eigenvalue weighted by Gasteiger charge is 2.36. The van der Waals surface area contributed by atoms with Crippen molar-refractivity contribution in [1.82, 2.24) is 5.16 Å². The number of rotatable bonds is 3. The minimum Gasteiger partial charge on any atom is -0.481 e. The molecule has 6 heteroatoms. The second-order valence-electron chi connectivity index (χ2n) is 5.06. The molecule has 1 atom stereocenters. The molecule has 0 spiro atoms. The Morgan fingerprint density at radius 3 is 2.86 bits per heavy atom. The largest absolute Gasteiger partial charge is 0.481 e. The van der Waals surface area contributed by atoms with Gasteiger partial charge in [-0.1, -0.05) is 23.4 Å². The van der Waals surface area contributed by atoms with E-state index in [0.29, 0.717) is 22.7 Å². The number of nitrogens with zero attached hydrogens (tertiary/aromatic N) is 2. The monoisotopic (exact) mass is 286 g/mol. The van der Waals surface area contributed by atoms with Gasteiger partial charge < -0.3 is 14.5 Å². The third-order valence-electron chi connectivity index (χ3n) is 3.58. The van der Waals surface area contributed by atoms with Gasteiger partial charge in [-0.25, -0.2) is 0 Å². The second kappa shape index (κ2) is 5.05. The zero-order valence-electron chi connectivity index (χ0n) is 11.4. The number of hydrogen-bond donors (Lipinski definition) is 1. The molecule has 1 N–H and O–H groups in total. The number of para-hydroxylation sites is 1. The van der Waals surface area contributed by atoms with Gasteiger partial charge in [0.25, 0.3) is 0 Å². The van der Waals surface area contributed by atoms with Crippen LogP contribution in [0.1, 0.15) is 22.9 Å². The molecule has 0 radical (unpaired) electrons. The van der Waals surface area contributed by atoms with Crippen molar-refractivity contribution in [3.8, 4) is 0 Å². The lowest BCUT2D eigenvalue weighted by Gasteiger charge is -2.16. The summed E-state index contributed by atoms with van der Waals surface area (Å²) < 4.78 is 4.94. The zero-order chi connectivity index (χ0) is 15.0. The van der Waals surface area contributed by atoms with Crippen LogP contribution < -0.4 is 4.90 Å². The SMILES string of the molecule is Cc1cc(CC(=O)N2C[C@@H](C(=O)O)c3ccccc32)no1. The number of carboxylic acids is 1. The number of fused-ring (bicyclic) bond motifs is 1. The number of benzene rings is 1. The van der Waals surface area contributed by atoms with Crippen LogP contribution in [0, 0.1) is 6.92 Å². The summed E-state index contributed by atoms with van der Waals surface area (Å²) in [7, 11) is 0. The number of anilines is 1. The summed E-state index contributed by atoms with van der Waals surface area (Å²) in [5, 5.41) is 13.1. The summed E-state index contributed by atoms with van der Waals surface area (Å²) >= 11 is 0. The van der Waals surface area contributed by atoms with Crippen LogP contribution in [0.25, 0.3) is 0 Å². The van der Waals surface area contributed by atoms with Crippen LogP contribution in [-0.4, -0.2) is 28.7 Å². The van der Waals surface area contributed by atoms with Gasteiger partial charge in [0.15, 0.2) is 0 Å². The number of carbonyl (C=O) groups is 2. The Kier molecular flexibility index (Phi) is 3.21. The fraction of sp³-hybridized carbons (Fsp3) is 0.267. The molecule has 0 saturated carbocycles. The van der Waals surface area contributed by atoms with Gasteiger partial charge in [0, 0.05) is 18.3 Å². The predicted octanol–water partition coefficient (Wildman–Crippen LogP) is 1.74. The summed E-state index contributed by atoms with van der Waals surface area (Å²) in [4.78, 5) is 25.2. The number of aromatic nitrogens is 1. The van der Waals surface area contributed by atoms with Crippen molar-refractivity contribution >= 4 is 17.6 Å². The fourth-order valence-corrected chi connectivity index (χ4v) is 2.61. The van der Waals surface area contributed by atoms with Gasteiger partial charge >= 0.3 is 5.97 Å². The third kappa shape index (κ3) is 2.40. The number of carbonyl (C=O) groups excluding carboxylic acids is 1. The molecule has 21 heavy (non-hydrogen) atoms. The van der Waals surface area contributed by atoms with Crippen molar-refractivity contribution in [1.29, 1.82) is 0 Å². The molecular formula is C15H14N2O4. The van der Waals surface area contributed by atoms with E-state index >= 15 is 0 Å². The van der Waals surface area contributed by atoms with Crippen molar-refractivity contribution in [3.05, 3.63) is 47.3 Å². The molecule has 1 amide bonds. The Hall–Kier alpha value is -2.63. The van der Waals surface area contributed by atoms with E-state index in [2.05, 4.69) is 5.16 Å². The minimum atomic E-state index is -0.921. The van der Waals surface area contributed by atoms with Crippen LogP contribution >= 0.6 is 0 Å². The maximum atomic E-state index is 12.4. The predicted molar refractivity (Wildman–Crippen MR) is 74.1 cm³/mol. The van der Waals surface area contributed by atoms with Crippen molar-refractivity contribution in [3.63, 3.8) is 0 Å². The number of carboxylic acid groups (broad SMARTS) is 1. The van der Waals surface area contributed by atoms with E-state index in [1.807, 2.05) is 0 Å². The molecule has 1 aliphatic heterocycles. The first-order chi connectivity index (χ1) is 10.1. The van der Waals surface area contributed by atoms with Crippen LogP contribution in [0.15, 0.2) is 34.9 Å². The van der Waals surface area contributed by atoms with Gasteiger partial charge in [0.1, 0.15) is 11.7 Å². The normalized spacial score (nSPS) is 16.8. The van der Waals surface area contributed by atoms with Crippen molar-refractivity contribution < 1.29 is 19.2 Å². The average Bonchev–Trinajstić information content (AvgIpc) is 3.02. The first-order valence-electron chi connectivity index (χ1n) is 6.60. The lowest BCUT2D eigenvalue weighted by molar-refractivity contribution is -0.138. The molecule has 0 aliphatic carbocycles. The van der Waals surface area contributed by atoms with Crippen LogP contribution in [0.4, 0.5) is 5.69 Å². The van der Waals surface area contributed by atoms with Crippen LogP contribution in [0.3, 0.4) is 0 Å². The third-order valence-corrected chi connectivity index (χ3v) is 3.58. The van der Waals surface area contributed by atoms with Gasteiger partial charge in [-0.15, -0.1) is 0 Å². The average molecular weight is 286 g/mol. The van der Waals surface area contributed by atoms with E-state index in [0.717, 1.165) is 0 Å². The summed E-state index contributed by atoms with van der Waals surface area (Å²) in [5.74, 6) is -1.14. The molecule has 2 aromatic rings. The molecular weight excluding hydrogens is 272 g/mol. The first-order valence-corrected chi connectivity index (χ1v) is 6.60. The quantitative estimate of drug-likeness (QED) is 0.929. The molecule has 1 aromatic heterocycles. The van der Waals surface area contributed by atoms with Gasteiger partial charge in [-0.05, 0) is 18.6 Å². The van der Waals surface area contributed by atoms with Gasteiger partial charge in [0.2, 0.25) is 5.91 Å². The summed E-state index contributed by atoms with van der Waals surface area (Å²) in [5.41, 5.74) is 1.89. The molecule has 0 unspecified atom stereocenters. The summed E-state index contributed by atoms with van der Waals surface area (Å²) in [6, 6.07) is 8.80. The van der Waals surface area contributed by atoms with Crippen LogP contribution in [0.5, 0.6) is 0 Å². The topological polar surface area (TPSA) is 83.6 Å². The molecule has 0 fully saturated rings. The Bertz CT molecular complexity index is 707. The standard InChI is InChI=1S/C15H14N2O4/c1-9-6-10(16-21-9)7-14(18)17-8-12(15(19)20)11-4-2-3-5-13(11)17/h2-6,12H,7-8H2,1H3,(H,19,20)/t12-/m1/s1. The fourth-order valence-electron chi connectivity index (χ4n) is 2.61. The second-order valence-corrected chi connectivity index (χ2v) is 5.06. The number of hydrogen-bond acceptors (Lipinski definition) is 4. The van der Waals surface area contributed by atoms with Crippen LogP contribution in [0.2, 0.25) is 0 Å². The molecule has 0 saturated heterocycles. The highest BCUT2D eigenvalue weighted by molar-refractivity contribution is 5.99. The molecule has 3 rings (SSSR count). The first kappa shape index (κ1) is 13.4. The van der Waals surface area contributed by atoms with Gasteiger partial charge in [-0.3, -0.25) is 9.59 Å². The zero-order valence-corrected chi connectivity index (χ0v) is 11.4. The van der Waals surface area contributed by atoms with Crippen LogP contribution in [-0.2, 0) is 16.0 Å². The van der Waals surface area contributed by atoms with E-state index in [9.17, 15) is 14.7 Å². The van der Waals surface area contributed by atoms with Crippen molar-refractivity contribution in [2.75, 3.05) is 11.4 Å². The van der Waals surface area contributed by atoms with Crippen molar-refractivity contribution in [2.45, 2.75) is 19.3 Å². The van der Waals surface area contributed by atoms with E-state index in [1.165, 1.54) is 4.90 Å². The molecule has 6 nitrogen and oxygen atoms in total. The Labute approximate surface area is 121 Å². The minimum absolute atomic E-state index is 0.0953. The van der Waals surface area contributed by atoms with Gasteiger partial charge in [0.05, 0.1) is 12.1 Å². The molecule has 1 aliphatic rings. The van der Waals surface area contributed by atoms with E-state index in [4.69, 9.17) is 4.52 Å². The maximum absolute atomic E-state index is 12.4. The summed E-state index contributed by atoms with van der Waals surface area (Å²) in [6.07, 6.45) is 0.0953. The Morgan fingerprint density at radius 2 is 2.19 bits per heavy atom. The molecule has 0 bridgehead atoms. The van der Waals surface area contributed by atoms with E-state index in [-0.39, 0.29) is 18.9 Å². The maximum Gasteiger partial charge on any atom is 0.312 e. The number of amides is 1. The summed E-state index contributed by atoms with van der Waals surface area (Å²) in [6.45, 7) is 1.91. The van der Waals surface area contributed by atoms with E-state index in [1.54, 1.807) is 37.3 Å². The van der Waals surface area contributed by atoms with Gasteiger partial charge in [-0.2, -0.15) is 0 Å².